The van der Waals surface area contributed by atoms with Gasteiger partial charge in [0.05, 0.1) is 26.2 Å². The van der Waals surface area contributed by atoms with Crippen molar-refractivity contribution < 1.29 is 33.3 Å². The van der Waals surface area contributed by atoms with E-state index in [-0.39, 0.29) is 37.3 Å². The fraction of sp³-hybridized carbons (Fsp3) is 0.500. The Morgan fingerprint density at radius 1 is 1.29 bits per heavy atom. The highest BCUT2D eigenvalue weighted by Gasteiger charge is 2.70. The Morgan fingerprint density at radius 3 is 2.46 bits per heavy atom. The number of carbonyl (C=O) groups is 2. The van der Waals surface area contributed by atoms with Gasteiger partial charge in [-0.05, 0) is 6.07 Å². The molecule has 0 aromatic heterocycles. The highest BCUT2D eigenvalue weighted by molar-refractivity contribution is 5.92. The number of ether oxygens (including phenoxy) is 3. The van der Waals surface area contributed by atoms with Crippen molar-refractivity contribution in [3.05, 3.63) is 23.5 Å². The summed E-state index contributed by atoms with van der Waals surface area (Å²) in [5, 5.41) is 11.8. The number of hydrogen-bond acceptors (Lipinski definition) is 5. The zero-order valence-electron chi connectivity index (χ0n) is 13.3. The molecule has 2 heterocycles. The largest absolute Gasteiger partial charge is 0.493 e. The monoisotopic (exact) mass is 339 g/mol. The third-order valence-electron chi connectivity index (χ3n) is 4.73. The normalized spacial score (nSPS) is 27.3. The molecule has 0 atom stereocenters. The quantitative estimate of drug-likeness (QED) is 0.806. The summed E-state index contributed by atoms with van der Waals surface area (Å²) in [5.41, 5.74) is -1.82. The first-order chi connectivity index (χ1) is 11.4. The average Bonchev–Trinajstić information content (AvgIpc) is 3.11. The maximum absolute atomic E-state index is 14.1. The van der Waals surface area contributed by atoms with Crippen LogP contribution in [0.25, 0.3) is 0 Å². The van der Waals surface area contributed by atoms with Crippen molar-refractivity contribution in [3.63, 3.8) is 0 Å². The van der Waals surface area contributed by atoms with Gasteiger partial charge in [-0.3, -0.25) is 9.59 Å². The number of carbonyl (C=O) groups excluding carboxylic acids is 1. The zero-order chi connectivity index (χ0) is 17.5. The third kappa shape index (κ3) is 2.37. The Morgan fingerprint density at radius 2 is 1.92 bits per heavy atom. The Kier molecular flexibility index (Phi) is 3.87. The molecule has 24 heavy (non-hydrogen) atoms. The first-order valence-electron chi connectivity index (χ1n) is 7.42. The lowest BCUT2D eigenvalue weighted by Crippen LogP contribution is -2.57. The molecule has 2 bridgehead atoms. The molecule has 2 aliphatic heterocycles. The summed E-state index contributed by atoms with van der Waals surface area (Å²) in [6.45, 7) is -0.0311. The lowest BCUT2D eigenvalue weighted by atomic mass is 9.62. The zero-order valence-corrected chi connectivity index (χ0v) is 13.3. The van der Waals surface area contributed by atoms with Crippen molar-refractivity contribution in [3.8, 4) is 11.5 Å². The Hall–Kier alpha value is -2.35. The molecule has 1 aromatic rings. The number of hydrogen-bond donors (Lipinski definition) is 2. The minimum atomic E-state index is -1.11. The van der Waals surface area contributed by atoms with Gasteiger partial charge in [-0.2, -0.15) is 0 Å². The maximum atomic E-state index is 14.1. The van der Waals surface area contributed by atoms with Gasteiger partial charge in [-0.25, -0.2) is 4.39 Å². The van der Waals surface area contributed by atoms with Gasteiger partial charge in [-0.1, -0.05) is 0 Å². The summed E-state index contributed by atoms with van der Waals surface area (Å²) in [7, 11) is 2.84. The molecule has 8 heteroatoms. The molecular weight excluding hydrogens is 321 g/mol. The average molecular weight is 339 g/mol. The van der Waals surface area contributed by atoms with Crippen molar-refractivity contribution in [2.24, 2.45) is 5.41 Å². The molecule has 0 spiro atoms. The van der Waals surface area contributed by atoms with E-state index in [0.717, 1.165) is 0 Å². The van der Waals surface area contributed by atoms with Crippen LogP contribution in [0.3, 0.4) is 0 Å². The summed E-state index contributed by atoms with van der Waals surface area (Å²) in [4.78, 5) is 23.5. The van der Waals surface area contributed by atoms with Gasteiger partial charge in [0.15, 0.2) is 11.5 Å². The molecule has 1 aliphatic carbocycles. The van der Waals surface area contributed by atoms with E-state index in [9.17, 15) is 19.1 Å². The molecule has 0 unspecified atom stereocenters. The second kappa shape index (κ2) is 5.62. The fourth-order valence-electron chi connectivity index (χ4n) is 3.33. The van der Waals surface area contributed by atoms with Gasteiger partial charge in [0, 0.05) is 31.0 Å². The molecule has 1 amide bonds. The van der Waals surface area contributed by atoms with Crippen LogP contribution in [-0.2, 0) is 20.9 Å². The SMILES string of the molecule is COc1cc(F)c(CNC(=O)C23CC(C(=O)O)(CO2)C3)cc1OC. The van der Waals surface area contributed by atoms with E-state index in [1.54, 1.807) is 0 Å². The van der Waals surface area contributed by atoms with Crippen molar-refractivity contribution in [1.82, 2.24) is 5.32 Å². The smallest absolute Gasteiger partial charge is 0.312 e. The summed E-state index contributed by atoms with van der Waals surface area (Å²) >= 11 is 0. The predicted octanol–water partition coefficient (Wildman–Crippen LogP) is 1.09. The van der Waals surface area contributed by atoms with Crippen LogP contribution in [0.5, 0.6) is 11.5 Å². The van der Waals surface area contributed by atoms with E-state index in [1.165, 1.54) is 26.4 Å². The van der Waals surface area contributed by atoms with Crippen LogP contribution in [0.1, 0.15) is 18.4 Å². The van der Waals surface area contributed by atoms with Gasteiger partial charge in [-0.15, -0.1) is 0 Å². The molecule has 2 N–H and O–H groups in total. The van der Waals surface area contributed by atoms with Crippen molar-refractivity contribution in [1.29, 1.82) is 0 Å². The van der Waals surface area contributed by atoms with Gasteiger partial charge in [0.25, 0.3) is 5.91 Å². The Balaban J connectivity index is 1.67. The van der Waals surface area contributed by atoms with Gasteiger partial charge in [0.1, 0.15) is 11.4 Å². The van der Waals surface area contributed by atoms with Gasteiger partial charge < -0.3 is 24.6 Å². The summed E-state index contributed by atoms with van der Waals surface area (Å²) in [5.74, 6) is -1.30. The number of carboxylic acids is 1. The maximum Gasteiger partial charge on any atom is 0.312 e. The van der Waals surface area contributed by atoms with E-state index in [4.69, 9.17) is 14.2 Å². The lowest BCUT2D eigenvalue weighted by molar-refractivity contribution is -0.158. The number of rotatable bonds is 6. The highest BCUT2D eigenvalue weighted by Crippen LogP contribution is 2.58. The number of carboxylic acid groups (broad SMARTS) is 1. The first-order valence-corrected chi connectivity index (χ1v) is 7.42. The number of methoxy groups -OCH3 is 2. The molecule has 2 saturated heterocycles. The standard InChI is InChI=1S/C16H18FNO6/c1-22-11-3-9(10(17)4-12(11)23-2)5-18-13(19)16-6-15(7-16,8-24-16)14(20)21/h3-4H,5-8H2,1-2H3,(H,18,19)(H,20,21). The number of nitrogens with one attached hydrogen (secondary N) is 1. The highest BCUT2D eigenvalue weighted by atomic mass is 19.1. The van der Waals surface area contributed by atoms with E-state index >= 15 is 0 Å². The second-order valence-electron chi connectivity index (χ2n) is 6.20. The van der Waals surface area contributed by atoms with E-state index in [0.29, 0.717) is 5.75 Å². The summed E-state index contributed by atoms with van der Waals surface area (Å²) in [6, 6.07) is 2.63. The molecular formula is C16H18FNO6. The van der Waals surface area contributed by atoms with E-state index in [2.05, 4.69) is 5.32 Å². The Bertz CT molecular complexity index is 698. The van der Waals surface area contributed by atoms with E-state index < -0.39 is 28.7 Å². The topological polar surface area (TPSA) is 94.1 Å². The molecule has 1 aromatic carbocycles. The minimum absolute atomic E-state index is 0.0282. The molecule has 3 aliphatic rings. The van der Waals surface area contributed by atoms with Crippen molar-refractivity contribution in [2.45, 2.75) is 25.0 Å². The van der Waals surface area contributed by atoms with Crippen molar-refractivity contribution in [2.75, 3.05) is 20.8 Å². The molecule has 4 rings (SSSR count). The second-order valence-corrected chi connectivity index (χ2v) is 6.20. The molecule has 3 fully saturated rings. The van der Waals surface area contributed by atoms with Gasteiger partial charge in [0.2, 0.25) is 0 Å². The number of halogens is 1. The fourth-order valence-corrected chi connectivity index (χ4v) is 3.33. The van der Waals surface area contributed by atoms with Gasteiger partial charge >= 0.3 is 5.97 Å². The minimum Gasteiger partial charge on any atom is -0.493 e. The van der Waals surface area contributed by atoms with Crippen LogP contribution in [0.4, 0.5) is 4.39 Å². The molecule has 0 radical (unpaired) electrons. The number of amides is 1. The lowest BCUT2D eigenvalue weighted by Gasteiger charge is -2.40. The Labute approximate surface area is 137 Å². The molecule has 7 nitrogen and oxygen atoms in total. The van der Waals surface area contributed by atoms with Crippen LogP contribution in [0.15, 0.2) is 12.1 Å². The number of fused-ring (bicyclic) bond motifs is 1. The van der Waals surface area contributed by atoms with Crippen LogP contribution in [0.2, 0.25) is 0 Å². The molecule has 1 saturated carbocycles. The van der Waals surface area contributed by atoms with E-state index in [1.807, 2.05) is 0 Å². The van der Waals surface area contributed by atoms with Crippen LogP contribution in [0, 0.1) is 11.2 Å². The van der Waals surface area contributed by atoms with Crippen LogP contribution >= 0.6 is 0 Å². The third-order valence-corrected chi connectivity index (χ3v) is 4.73. The first kappa shape index (κ1) is 16.5. The molecule has 130 valence electrons. The van der Waals surface area contributed by atoms with Crippen LogP contribution < -0.4 is 14.8 Å². The van der Waals surface area contributed by atoms with Crippen molar-refractivity contribution >= 4 is 11.9 Å². The number of aliphatic carboxylic acids is 1. The predicted molar refractivity (Wildman–Crippen MR) is 79.3 cm³/mol. The summed E-state index contributed by atoms with van der Waals surface area (Å²) < 4.78 is 29.6. The summed E-state index contributed by atoms with van der Waals surface area (Å²) in [6.07, 6.45) is 0.297. The van der Waals surface area contributed by atoms with Crippen LogP contribution in [-0.4, -0.2) is 43.4 Å². The number of benzene rings is 1.